The van der Waals surface area contributed by atoms with E-state index < -0.39 is 0 Å². The highest BCUT2D eigenvalue weighted by molar-refractivity contribution is 4.67. The van der Waals surface area contributed by atoms with Gasteiger partial charge >= 0.3 is 0 Å². The molecule has 0 amide bonds. The third-order valence-electron chi connectivity index (χ3n) is 2.57. The lowest BCUT2D eigenvalue weighted by molar-refractivity contribution is 0.0358. The molecule has 0 aromatic carbocycles. The van der Waals surface area contributed by atoms with Crippen LogP contribution in [-0.4, -0.2) is 49.8 Å². The van der Waals surface area contributed by atoms with E-state index in [9.17, 15) is 0 Å². The third-order valence-corrected chi connectivity index (χ3v) is 2.57. The molecule has 1 unspecified atom stereocenters. The van der Waals surface area contributed by atoms with Crippen LogP contribution in [0, 0.1) is 0 Å². The molecule has 0 saturated heterocycles. The molecule has 92 valence electrons. The van der Waals surface area contributed by atoms with Crippen molar-refractivity contribution in [3.63, 3.8) is 0 Å². The minimum absolute atomic E-state index is 0.302. The second-order valence-electron chi connectivity index (χ2n) is 4.66. The Hall–Kier alpha value is -0.120. The molecule has 3 heteroatoms. The quantitative estimate of drug-likeness (QED) is 0.669. The fourth-order valence-electron chi connectivity index (χ4n) is 1.82. The maximum atomic E-state index is 5.71. The van der Waals surface area contributed by atoms with Crippen molar-refractivity contribution in [3.8, 4) is 0 Å². The van der Waals surface area contributed by atoms with E-state index in [1.807, 2.05) is 7.05 Å². The molecule has 1 N–H and O–H groups in total. The molecular formula is C12H28N2O. The molecule has 0 bridgehead atoms. The Morgan fingerprint density at radius 2 is 1.60 bits per heavy atom. The van der Waals surface area contributed by atoms with Crippen LogP contribution in [0.15, 0.2) is 0 Å². The van der Waals surface area contributed by atoms with Crippen molar-refractivity contribution in [1.82, 2.24) is 10.2 Å². The highest BCUT2D eigenvalue weighted by Crippen LogP contribution is 2.04. The lowest BCUT2D eigenvalue weighted by Gasteiger charge is -2.30. The molecular weight excluding hydrogens is 188 g/mol. The number of ether oxygens (including phenoxy) is 1. The van der Waals surface area contributed by atoms with Gasteiger partial charge in [0.2, 0.25) is 0 Å². The zero-order valence-electron chi connectivity index (χ0n) is 11.2. The van der Waals surface area contributed by atoms with Gasteiger partial charge in [0.15, 0.2) is 0 Å². The van der Waals surface area contributed by atoms with Gasteiger partial charge in [0.05, 0.1) is 12.7 Å². The molecule has 0 spiro atoms. The number of rotatable bonds is 8. The fraction of sp³-hybridized carbons (Fsp3) is 1.00. The van der Waals surface area contributed by atoms with Gasteiger partial charge in [-0.15, -0.1) is 0 Å². The SMILES string of the molecule is CNCC(C)OCCN(C(C)C)C(C)C. The molecule has 0 saturated carbocycles. The molecule has 1 atom stereocenters. The van der Waals surface area contributed by atoms with Crippen LogP contribution in [0.25, 0.3) is 0 Å². The van der Waals surface area contributed by atoms with E-state index in [0.29, 0.717) is 18.2 Å². The van der Waals surface area contributed by atoms with Crippen molar-refractivity contribution in [2.75, 3.05) is 26.7 Å². The number of nitrogens with zero attached hydrogens (tertiary/aromatic N) is 1. The molecule has 0 heterocycles. The van der Waals surface area contributed by atoms with E-state index in [1.54, 1.807) is 0 Å². The molecule has 0 aliphatic heterocycles. The zero-order chi connectivity index (χ0) is 11.8. The average Bonchev–Trinajstić information content (AvgIpc) is 2.11. The first kappa shape index (κ1) is 14.9. The van der Waals surface area contributed by atoms with Crippen LogP contribution in [0.4, 0.5) is 0 Å². The summed E-state index contributed by atoms with van der Waals surface area (Å²) in [5.74, 6) is 0. The first-order valence-electron chi connectivity index (χ1n) is 6.01. The van der Waals surface area contributed by atoms with Crippen LogP contribution in [0.3, 0.4) is 0 Å². The largest absolute Gasteiger partial charge is 0.376 e. The van der Waals surface area contributed by atoms with Gasteiger partial charge in [-0.3, -0.25) is 4.90 Å². The van der Waals surface area contributed by atoms with E-state index in [2.05, 4.69) is 44.8 Å². The smallest absolute Gasteiger partial charge is 0.0671 e. The Morgan fingerprint density at radius 3 is 2.00 bits per heavy atom. The van der Waals surface area contributed by atoms with Crippen molar-refractivity contribution < 1.29 is 4.74 Å². The van der Waals surface area contributed by atoms with Gasteiger partial charge in [-0.25, -0.2) is 0 Å². The van der Waals surface area contributed by atoms with Crippen molar-refractivity contribution in [3.05, 3.63) is 0 Å². The fourth-order valence-corrected chi connectivity index (χ4v) is 1.82. The lowest BCUT2D eigenvalue weighted by Crippen LogP contribution is -2.40. The van der Waals surface area contributed by atoms with E-state index in [1.165, 1.54) is 0 Å². The standard InChI is InChI=1S/C12H28N2O/c1-10(2)14(11(3)4)7-8-15-12(5)9-13-6/h10-13H,7-9H2,1-6H3. The second kappa shape index (κ2) is 8.08. The Bertz CT molecular complexity index is 141. The monoisotopic (exact) mass is 216 g/mol. The van der Waals surface area contributed by atoms with Crippen LogP contribution in [0.1, 0.15) is 34.6 Å². The van der Waals surface area contributed by atoms with E-state index in [-0.39, 0.29) is 0 Å². The van der Waals surface area contributed by atoms with Crippen molar-refractivity contribution in [2.45, 2.75) is 52.8 Å². The summed E-state index contributed by atoms with van der Waals surface area (Å²) in [7, 11) is 1.95. The molecule has 0 fully saturated rings. The van der Waals surface area contributed by atoms with Crippen LogP contribution in [0.5, 0.6) is 0 Å². The van der Waals surface area contributed by atoms with Crippen LogP contribution in [0.2, 0.25) is 0 Å². The van der Waals surface area contributed by atoms with Gasteiger partial charge in [0, 0.05) is 25.2 Å². The zero-order valence-corrected chi connectivity index (χ0v) is 11.2. The van der Waals surface area contributed by atoms with Gasteiger partial charge < -0.3 is 10.1 Å². The van der Waals surface area contributed by atoms with E-state index in [0.717, 1.165) is 19.7 Å². The predicted octanol–water partition coefficient (Wildman–Crippen LogP) is 1.73. The van der Waals surface area contributed by atoms with Crippen LogP contribution in [-0.2, 0) is 4.74 Å². The summed E-state index contributed by atoms with van der Waals surface area (Å²) in [4.78, 5) is 2.45. The van der Waals surface area contributed by atoms with Gasteiger partial charge in [-0.1, -0.05) is 0 Å². The second-order valence-corrected chi connectivity index (χ2v) is 4.66. The highest BCUT2D eigenvalue weighted by atomic mass is 16.5. The van der Waals surface area contributed by atoms with Gasteiger partial charge in [0.1, 0.15) is 0 Å². The van der Waals surface area contributed by atoms with Crippen molar-refractivity contribution >= 4 is 0 Å². The number of hydrogen-bond donors (Lipinski definition) is 1. The minimum Gasteiger partial charge on any atom is -0.376 e. The van der Waals surface area contributed by atoms with Gasteiger partial charge in [-0.2, -0.15) is 0 Å². The first-order valence-corrected chi connectivity index (χ1v) is 6.01. The maximum Gasteiger partial charge on any atom is 0.0671 e. The summed E-state index contributed by atoms with van der Waals surface area (Å²) in [5.41, 5.74) is 0. The summed E-state index contributed by atoms with van der Waals surface area (Å²) < 4.78 is 5.71. The Labute approximate surface area is 95.2 Å². The molecule has 0 radical (unpaired) electrons. The van der Waals surface area contributed by atoms with Crippen molar-refractivity contribution in [1.29, 1.82) is 0 Å². The summed E-state index contributed by atoms with van der Waals surface area (Å²) >= 11 is 0. The lowest BCUT2D eigenvalue weighted by atomic mass is 10.2. The highest BCUT2D eigenvalue weighted by Gasteiger charge is 2.13. The Balaban J connectivity index is 3.71. The molecule has 0 aromatic rings. The summed E-state index contributed by atoms with van der Waals surface area (Å²) in [6.07, 6.45) is 0.302. The van der Waals surface area contributed by atoms with E-state index >= 15 is 0 Å². The van der Waals surface area contributed by atoms with Crippen LogP contribution >= 0.6 is 0 Å². The molecule has 15 heavy (non-hydrogen) atoms. The molecule has 3 nitrogen and oxygen atoms in total. The summed E-state index contributed by atoms with van der Waals surface area (Å²) in [6, 6.07) is 1.18. The maximum absolute atomic E-state index is 5.71. The van der Waals surface area contributed by atoms with Gasteiger partial charge in [0.25, 0.3) is 0 Å². The topological polar surface area (TPSA) is 24.5 Å². The van der Waals surface area contributed by atoms with Crippen LogP contribution < -0.4 is 5.32 Å². The average molecular weight is 216 g/mol. The Morgan fingerprint density at radius 1 is 1.07 bits per heavy atom. The van der Waals surface area contributed by atoms with Crippen molar-refractivity contribution in [2.24, 2.45) is 0 Å². The molecule has 0 aliphatic carbocycles. The number of likely N-dealkylation sites (N-methyl/N-ethyl adjacent to an activating group) is 1. The number of nitrogens with one attached hydrogen (secondary N) is 1. The third kappa shape index (κ3) is 6.88. The molecule has 0 rings (SSSR count). The van der Waals surface area contributed by atoms with Gasteiger partial charge in [-0.05, 0) is 41.7 Å². The summed E-state index contributed by atoms with van der Waals surface area (Å²) in [5, 5.41) is 3.11. The molecule has 0 aliphatic rings. The predicted molar refractivity (Wildman–Crippen MR) is 66.3 cm³/mol. The number of hydrogen-bond acceptors (Lipinski definition) is 3. The first-order chi connectivity index (χ1) is 6.99. The normalized spacial score (nSPS) is 14.2. The molecule has 0 aromatic heterocycles. The van der Waals surface area contributed by atoms with E-state index in [4.69, 9.17) is 4.74 Å². The Kier molecular flexibility index (Phi) is 8.02. The minimum atomic E-state index is 0.302. The summed E-state index contributed by atoms with van der Waals surface area (Å²) in [6.45, 7) is 13.8.